The number of nitriles is 1. The number of aromatic nitrogens is 2. The average molecular weight is 262 g/mol. The molecule has 1 atom stereocenters. The number of rotatable bonds is 2. The molecule has 0 aliphatic carbocycles. The summed E-state index contributed by atoms with van der Waals surface area (Å²) in [7, 11) is 0. The van der Waals surface area contributed by atoms with Gasteiger partial charge in [-0.15, -0.1) is 0 Å². The highest BCUT2D eigenvalue weighted by molar-refractivity contribution is 5.84. The van der Waals surface area contributed by atoms with Gasteiger partial charge in [-0.2, -0.15) is 5.26 Å². The van der Waals surface area contributed by atoms with E-state index >= 15 is 0 Å². The second kappa shape index (κ2) is 4.71. The standard InChI is InChI=1S/C16H14N4/c1-11(12-6-3-2-4-7-12)20-14-9-5-8-13(10-17)15(14)19-16(20)18/h2-9,11H,1H3,(H2,18,19). The lowest BCUT2D eigenvalue weighted by molar-refractivity contribution is 0.668. The Balaban J connectivity index is 2.22. The smallest absolute Gasteiger partial charge is 0.201 e. The summed E-state index contributed by atoms with van der Waals surface area (Å²) in [6, 6.07) is 17.9. The molecule has 1 unspecified atom stereocenters. The lowest BCUT2D eigenvalue weighted by Gasteiger charge is -2.16. The van der Waals surface area contributed by atoms with Crippen LogP contribution in [0.4, 0.5) is 5.95 Å². The maximum absolute atomic E-state index is 9.15. The molecule has 0 aliphatic rings. The van der Waals surface area contributed by atoms with E-state index < -0.39 is 0 Å². The molecule has 0 aliphatic heterocycles. The molecule has 3 rings (SSSR count). The van der Waals surface area contributed by atoms with Crippen LogP contribution in [0.3, 0.4) is 0 Å². The molecule has 98 valence electrons. The van der Waals surface area contributed by atoms with Crippen molar-refractivity contribution in [2.75, 3.05) is 5.73 Å². The SMILES string of the molecule is CC(c1ccccc1)n1c(N)nc2c(C#N)cccc21. The van der Waals surface area contributed by atoms with Crippen LogP contribution < -0.4 is 5.73 Å². The summed E-state index contributed by atoms with van der Waals surface area (Å²) < 4.78 is 1.96. The lowest BCUT2D eigenvalue weighted by Crippen LogP contribution is -2.09. The highest BCUT2D eigenvalue weighted by atomic mass is 15.2. The maximum atomic E-state index is 9.15. The number of hydrogen-bond donors (Lipinski definition) is 1. The zero-order valence-corrected chi connectivity index (χ0v) is 11.1. The molecule has 0 saturated heterocycles. The van der Waals surface area contributed by atoms with Crippen molar-refractivity contribution >= 4 is 17.0 Å². The summed E-state index contributed by atoms with van der Waals surface area (Å²) in [6.45, 7) is 2.08. The van der Waals surface area contributed by atoms with Crippen molar-refractivity contribution in [3.63, 3.8) is 0 Å². The minimum atomic E-state index is 0.0649. The van der Waals surface area contributed by atoms with Gasteiger partial charge in [0, 0.05) is 0 Å². The first-order valence-corrected chi connectivity index (χ1v) is 6.44. The number of para-hydroxylation sites is 1. The minimum absolute atomic E-state index is 0.0649. The molecule has 0 spiro atoms. The van der Waals surface area contributed by atoms with Crippen molar-refractivity contribution in [2.24, 2.45) is 0 Å². The highest BCUT2D eigenvalue weighted by Crippen LogP contribution is 2.28. The van der Waals surface area contributed by atoms with Crippen LogP contribution in [0.2, 0.25) is 0 Å². The Kier molecular flexibility index (Phi) is 2.88. The number of hydrogen-bond acceptors (Lipinski definition) is 3. The van der Waals surface area contributed by atoms with E-state index in [-0.39, 0.29) is 6.04 Å². The van der Waals surface area contributed by atoms with Crippen LogP contribution in [-0.4, -0.2) is 9.55 Å². The van der Waals surface area contributed by atoms with Gasteiger partial charge in [0.15, 0.2) is 0 Å². The van der Waals surface area contributed by atoms with Crippen LogP contribution >= 0.6 is 0 Å². The summed E-state index contributed by atoms with van der Waals surface area (Å²) in [5.74, 6) is 0.430. The fourth-order valence-corrected chi connectivity index (χ4v) is 2.51. The van der Waals surface area contributed by atoms with Gasteiger partial charge in [-0.05, 0) is 24.6 Å². The van der Waals surface area contributed by atoms with Gasteiger partial charge in [0.1, 0.15) is 11.6 Å². The predicted molar refractivity (Wildman–Crippen MR) is 79.1 cm³/mol. The molecule has 3 aromatic rings. The van der Waals surface area contributed by atoms with Gasteiger partial charge in [0.2, 0.25) is 5.95 Å². The van der Waals surface area contributed by atoms with Crippen molar-refractivity contribution in [1.82, 2.24) is 9.55 Å². The fourth-order valence-electron chi connectivity index (χ4n) is 2.51. The number of benzene rings is 2. The van der Waals surface area contributed by atoms with E-state index in [4.69, 9.17) is 11.0 Å². The summed E-state index contributed by atoms with van der Waals surface area (Å²) in [6.07, 6.45) is 0. The Morgan fingerprint density at radius 2 is 1.90 bits per heavy atom. The van der Waals surface area contributed by atoms with Gasteiger partial charge >= 0.3 is 0 Å². The molecule has 0 amide bonds. The van der Waals surface area contributed by atoms with Crippen LogP contribution in [0, 0.1) is 11.3 Å². The maximum Gasteiger partial charge on any atom is 0.201 e. The molecular formula is C16H14N4. The van der Waals surface area contributed by atoms with Crippen LogP contribution in [0.25, 0.3) is 11.0 Å². The molecule has 0 fully saturated rings. The third-order valence-corrected chi connectivity index (χ3v) is 3.54. The van der Waals surface area contributed by atoms with Crippen molar-refractivity contribution in [1.29, 1.82) is 5.26 Å². The quantitative estimate of drug-likeness (QED) is 0.771. The van der Waals surface area contributed by atoms with Gasteiger partial charge < -0.3 is 10.3 Å². The first kappa shape index (κ1) is 12.2. The Hall–Kier alpha value is -2.80. The Labute approximate surface area is 117 Å². The highest BCUT2D eigenvalue weighted by Gasteiger charge is 2.16. The molecule has 1 heterocycles. The normalized spacial score (nSPS) is 12.2. The molecule has 0 bridgehead atoms. The number of imidazole rings is 1. The van der Waals surface area contributed by atoms with Crippen LogP contribution in [0.1, 0.15) is 24.1 Å². The fraction of sp³-hybridized carbons (Fsp3) is 0.125. The van der Waals surface area contributed by atoms with Gasteiger partial charge in [0.05, 0.1) is 17.1 Å². The van der Waals surface area contributed by atoms with E-state index in [0.717, 1.165) is 11.1 Å². The van der Waals surface area contributed by atoms with Crippen molar-refractivity contribution in [3.05, 3.63) is 59.7 Å². The topological polar surface area (TPSA) is 67.6 Å². The Morgan fingerprint density at radius 3 is 2.60 bits per heavy atom. The molecule has 2 N–H and O–H groups in total. The summed E-state index contributed by atoms with van der Waals surface area (Å²) in [5, 5.41) is 9.15. The molecule has 0 saturated carbocycles. The lowest BCUT2D eigenvalue weighted by atomic mass is 10.1. The molecule has 4 nitrogen and oxygen atoms in total. The van der Waals surface area contributed by atoms with E-state index in [2.05, 4.69) is 30.1 Å². The van der Waals surface area contributed by atoms with Gasteiger partial charge in [0.25, 0.3) is 0 Å². The number of fused-ring (bicyclic) bond motifs is 1. The molecule has 1 aromatic heterocycles. The van der Waals surface area contributed by atoms with Crippen LogP contribution in [-0.2, 0) is 0 Å². The first-order chi connectivity index (χ1) is 9.72. The number of nitrogen functional groups attached to an aromatic ring is 1. The van der Waals surface area contributed by atoms with Crippen molar-refractivity contribution < 1.29 is 0 Å². The van der Waals surface area contributed by atoms with Gasteiger partial charge in [-0.1, -0.05) is 36.4 Å². The zero-order valence-electron chi connectivity index (χ0n) is 11.1. The van der Waals surface area contributed by atoms with E-state index in [1.165, 1.54) is 0 Å². The zero-order chi connectivity index (χ0) is 14.1. The van der Waals surface area contributed by atoms with Crippen molar-refractivity contribution in [3.8, 4) is 6.07 Å². The largest absolute Gasteiger partial charge is 0.369 e. The van der Waals surface area contributed by atoms with Gasteiger partial charge in [-0.25, -0.2) is 4.98 Å². The minimum Gasteiger partial charge on any atom is -0.369 e. The molecule has 2 aromatic carbocycles. The third-order valence-electron chi connectivity index (χ3n) is 3.54. The summed E-state index contributed by atoms with van der Waals surface area (Å²) in [5.41, 5.74) is 9.31. The second-order valence-electron chi connectivity index (χ2n) is 4.71. The molecule has 4 heteroatoms. The monoisotopic (exact) mass is 262 g/mol. The average Bonchev–Trinajstić information content (AvgIpc) is 2.83. The summed E-state index contributed by atoms with van der Waals surface area (Å²) >= 11 is 0. The van der Waals surface area contributed by atoms with Gasteiger partial charge in [-0.3, -0.25) is 0 Å². The van der Waals surface area contributed by atoms with Crippen LogP contribution in [0.15, 0.2) is 48.5 Å². The van der Waals surface area contributed by atoms with E-state index in [1.54, 1.807) is 6.07 Å². The predicted octanol–water partition coefficient (Wildman–Crippen LogP) is 3.10. The second-order valence-corrected chi connectivity index (χ2v) is 4.71. The number of nitrogens with zero attached hydrogens (tertiary/aromatic N) is 3. The molecular weight excluding hydrogens is 248 g/mol. The van der Waals surface area contributed by atoms with Crippen molar-refractivity contribution in [2.45, 2.75) is 13.0 Å². The third kappa shape index (κ3) is 1.81. The first-order valence-electron chi connectivity index (χ1n) is 6.44. The Morgan fingerprint density at radius 1 is 1.15 bits per heavy atom. The number of nitrogens with two attached hydrogens (primary N) is 1. The van der Waals surface area contributed by atoms with Crippen LogP contribution in [0.5, 0.6) is 0 Å². The summed E-state index contributed by atoms with van der Waals surface area (Å²) in [4.78, 5) is 4.35. The Bertz CT molecular complexity index is 796. The molecule has 0 radical (unpaired) electrons. The van der Waals surface area contributed by atoms with E-state index in [1.807, 2.05) is 34.9 Å². The van der Waals surface area contributed by atoms with E-state index in [0.29, 0.717) is 17.0 Å². The number of anilines is 1. The van der Waals surface area contributed by atoms with E-state index in [9.17, 15) is 0 Å². The molecule has 20 heavy (non-hydrogen) atoms.